The summed E-state index contributed by atoms with van der Waals surface area (Å²) in [6.45, 7) is 2.79. The van der Waals surface area contributed by atoms with E-state index in [2.05, 4.69) is 36.7 Å². The number of nitrogens with one attached hydrogen (secondary N) is 2. The second-order valence-electron chi connectivity index (χ2n) is 3.94. The fourth-order valence-corrected chi connectivity index (χ4v) is 2.15. The van der Waals surface area contributed by atoms with Crippen molar-refractivity contribution in [1.29, 1.82) is 0 Å². The van der Waals surface area contributed by atoms with Crippen molar-refractivity contribution >= 4 is 15.9 Å². The van der Waals surface area contributed by atoms with Crippen LogP contribution in [0.25, 0.3) is 0 Å². The molecule has 1 atom stereocenters. The van der Waals surface area contributed by atoms with Gasteiger partial charge in [0.1, 0.15) is 5.82 Å². The van der Waals surface area contributed by atoms with Gasteiger partial charge in [0, 0.05) is 4.47 Å². The zero-order valence-corrected chi connectivity index (χ0v) is 11.5. The summed E-state index contributed by atoms with van der Waals surface area (Å²) in [5.41, 5.74) is 1.45. The molecule has 0 radical (unpaired) electrons. The molecule has 0 aliphatic rings. The molecule has 96 valence electrons. The summed E-state index contributed by atoms with van der Waals surface area (Å²) in [6.07, 6.45) is 2.20. The summed E-state index contributed by atoms with van der Waals surface area (Å²) >= 11 is 3.25. The van der Waals surface area contributed by atoms with Gasteiger partial charge in [0.05, 0.1) is 17.9 Å². The summed E-state index contributed by atoms with van der Waals surface area (Å²) in [6, 6.07) is 5.05. The Morgan fingerprint density at radius 1 is 1.50 bits per heavy atom. The minimum absolute atomic E-state index is 0.0376. The van der Waals surface area contributed by atoms with Crippen molar-refractivity contribution in [2.75, 3.05) is 6.54 Å². The molecule has 0 bridgehead atoms. The zero-order chi connectivity index (χ0) is 13.0. The number of hydrogen-bond donors (Lipinski definition) is 2. The first-order valence-corrected chi connectivity index (χ1v) is 6.53. The summed E-state index contributed by atoms with van der Waals surface area (Å²) < 4.78 is 14.5. The topological polar surface area (TPSA) is 53.6 Å². The third-order valence-corrected chi connectivity index (χ3v) is 3.17. The normalized spacial score (nSPS) is 12.6. The number of aromatic nitrogens is 3. The van der Waals surface area contributed by atoms with Gasteiger partial charge >= 0.3 is 0 Å². The Morgan fingerprint density at radius 2 is 2.33 bits per heavy atom. The first-order chi connectivity index (χ1) is 8.70. The molecule has 1 aromatic heterocycles. The van der Waals surface area contributed by atoms with Gasteiger partial charge in [-0.15, -0.1) is 0 Å². The summed E-state index contributed by atoms with van der Waals surface area (Å²) in [4.78, 5) is 0. The molecular formula is C12H14BrFN4. The standard InChI is InChI=1S/C12H14BrFN4/c1-2-15-11(12-7-16-18-17-12)5-8-3-4-9(13)6-10(8)14/h3-4,6-7,11,15H,2,5H2,1H3,(H,16,17,18). The molecule has 2 aromatic rings. The highest BCUT2D eigenvalue weighted by molar-refractivity contribution is 9.10. The molecule has 4 nitrogen and oxygen atoms in total. The largest absolute Gasteiger partial charge is 0.309 e. The van der Waals surface area contributed by atoms with Gasteiger partial charge < -0.3 is 5.32 Å². The van der Waals surface area contributed by atoms with E-state index >= 15 is 0 Å². The van der Waals surface area contributed by atoms with Crippen LogP contribution in [-0.2, 0) is 6.42 Å². The molecule has 0 fully saturated rings. The molecule has 1 unspecified atom stereocenters. The lowest BCUT2D eigenvalue weighted by Gasteiger charge is -2.15. The molecule has 0 aliphatic heterocycles. The smallest absolute Gasteiger partial charge is 0.127 e. The number of halogens is 2. The monoisotopic (exact) mass is 312 g/mol. The molecule has 0 spiro atoms. The minimum Gasteiger partial charge on any atom is -0.309 e. The first kappa shape index (κ1) is 13.2. The van der Waals surface area contributed by atoms with E-state index in [9.17, 15) is 4.39 Å². The molecular weight excluding hydrogens is 299 g/mol. The van der Waals surface area contributed by atoms with Crippen molar-refractivity contribution in [2.24, 2.45) is 0 Å². The second-order valence-corrected chi connectivity index (χ2v) is 4.86. The SMILES string of the molecule is CCNC(Cc1ccc(Br)cc1F)c1cn[nH]n1. The molecule has 1 heterocycles. The van der Waals surface area contributed by atoms with E-state index < -0.39 is 0 Å². The van der Waals surface area contributed by atoms with Crippen LogP contribution in [0.1, 0.15) is 24.2 Å². The Hall–Kier alpha value is -1.27. The van der Waals surface area contributed by atoms with Gasteiger partial charge in [-0.1, -0.05) is 28.9 Å². The van der Waals surface area contributed by atoms with Crippen LogP contribution in [0.5, 0.6) is 0 Å². The highest BCUT2D eigenvalue weighted by atomic mass is 79.9. The van der Waals surface area contributed by atoms with Crippen LogP contribution >= 0.6 is 15.9 Å². The van der Waals surface area contributed by atoms with Crippen molar-refractivity contribution in [3.8, 4) is 0 Å². The highest BCUT2D eigenvalue weighted by Gasteiger charge is 2.16. The van der Waals surface area contributed by atoms with E-state index in [0.717, 1.165) is 16.7 Å². The lowest BCUT2D eigenvalue weighted by Crippen LogP contribution is -2.23. The van der Waals surface area contributed by atoms with Gasteiger partial charge in [-0.3, -0.25) is 0 Å². The molecule has 6 heteroatoms. The fourth-order valence-electron chi connectivity index (χ4n) is 1.81. The maximum Gasteiger partial charge on any atom is 0.127 e. The molecule has 2 N–H and O–H groups in total. The van der Waals surface area contributed by atoms with Gasteiger partial charge in [0.2, 0.25) is 0 Å². The molecule has 2 rings (SSSR count). The maximum atomic E-state index is 13.8. The van der Waals surface area contributed by atoms with Gasteiger partial charge in [-0.2, -0.15) is 15.4 Å². The maximum absolute atomic E-state index is 13.8. The van der Waals surface area contributed by atoms with Crippen LogP contribution in [0.4, 0.5) is 4.39 Å². The van der Waals surface area contributed by atoms with Crippen LogP contribution in [0.2, 0.25) is 0 Å². The Bertz CT molecular complexity index is 501. The number of rotatable bonds is 5. The van der Waals surface area contributed by atoms with E-state index in [0.29, 0.717) is 12.0 Å². The van der Waals surface area contributed by atoms with Crippen LogP contribution in [0.3, 0.4) is 0 Å². The van der Waals surface area contributed by atoms with Crippen LogP contribution in [0, 0.1) is 5.82 Å². The Balaban J connectivity index is 2.18. The molecule has 0 amide bonds. The lowest BCUT2D eigenvalue weighted by molar-refractivity contribution is 0.517. The Labute approximate surface area is 113 Å². The quantitative estimate of drug-likeness (QED) is 0.892. The molecule has 0 saturated heterocycles. The van der Waals surface area contributed by atoms with E-state index in [1.165, 1.54) is 6.07 Å². The predicted molar refractivity (Wildman–Crippen MR) is 70.6 cm³/mol. The molecule has 0 aliphatic carbocycles. The van der Waals surface area contributed by atoms with Crippen LogP contribution < -0.4 is 5.32 Å². The Kier molecular flexibility index (Phi) is 4.43. The number of H-pyrrole nitrogens is 1. The van der Waals surface area contributed by atoms with E-state index in [1.807, 2.05) is 13.0 Å². The van der Waals surface area contributed by atoms with E-state index in [1.54, 1.807) is 12.3 Å². The van der Waals surface area contributed by atoms with Gasteiger partial charge in [-0.25, -0.2) is 4.39 Å². The third-order valence-electron chi connectivity index (χ3n) is 2.68. The number of nitrogens with zero attached hydrogens (tertiary/aromatic N) is 2. The highest BCUT2D eigenvalue weighted by Crippen LogP contribution is 2.21. The average Bonchev–Trinajstić information content (AvgIpc) is 2.85. The fraction of sp³-hybridized carbons (Fsp3) is 0.333. The summed E-state index contributed by atoms with van der Waals surface area (Å²) in [5, 5.41) is 13.7. The third kappa shape index (κ3) is 3.14. The Morgan fingerprint density at radius 3 is 2.94 bits per heavy atom. The molecule has 1 aromatic carbocycles. The number of likely N-dealkylation sites (N-methyl/N-ethyl adjacent to an activating group) is 1. The number of aromatic amines is 1. The van der Waals surface area contributed by atoms with E-state index in [4.69, 9.17) is 0 Å². The average molecular weight is 313 g/mol. The van der Waals surface area contributed by atoms with Crippen molar-refractivity contribution in [3.63, 3.8) is 0 Å². The minimum atomic E-state index is -0.212. The van der Waals surface area contributed by atoms with Crippen molar-refractivity contribution in [1.82, 2.24) is 20.7 Å². The van der Waals surface area contributed by atoms with Crippen molar-refractivity contribution in [2.45, 2.75) is 19.4 Å². The summed E-state index contributed by atoms with van der Waals surface area (Å²) in [5.74, 6) is -0.212. The zero-order valence-electron chi connectivity index (χ0n) is 9.95. The summed E-state index contributed by atoms with van der Waals surface area (Å²) in [7, 11) is 0. The van der Waals surface area contributed by atoms with Crippen molar-refractivity contribution < 1.29 is 4.39 Å². The first-order valence-electron chi connectivity index (χ1n) is 5.73. The van der Waals surface area contributed by atoms with Crippen LogP contribution in [0.15, 0.2) is 28.9 Å². The second kappa shape index (κ2) is 6.06. The predicted octanol–water partition coefficient (Wildman–Crippen LogP) is 2.60. The van der Waals surface area contributed by atoms with Crippen molar-refractivity contribution in [3.05, 3.63) is 45.9 Å². The van der Waals surface area contributed by atoms with Gasteiger partial charge in [0.25, 0.3) is 0 Å². The van der Waals surface area contributed by atoms with Gasteiger partial charge in [-0.05, 0) is 30.7 Å². The molecule has 0 saturated carbocycles. The number of benzene rings is 1. The lowest BCUT2D eigenvalue weighted by atomic mass is 10.0. The van der Waals surface area contributed by atoms with E-state index in [-0.39, 0.29) is 11.9 Å². The number of hydrogen-bond acceptors (Lipinski definition) is 3. The van der Waals surface area contributed by atoms with Gasteiger partial charge in [0.15, 0.2) is 0 Å². The molecule has 18 heavy (non-hydrogen) atoms. The van der Waals surface area contributed by atoms with Crippen LogP contribution in [-0.4, -0.2) is 22.0 Å².